The van der Waals surface area contributed by atoms with E-state index in [2.05, 4.69) is 4.72 Å². The summed E-state index contributed by atoms with van der Waals surface area (Å²) >= 11 is 0. The highest BCUT2D eigenvalue weighted by atomic mass is 32.2. The van der Waals surface area contributed by atoms with Crippen LogP contribution in [0.1, 0.15) is 31.1 Å². The van der Waals surface area contributed by atoms with E-state index in [0.29, 0.717) is 11.3 Å². The number of nitrogens with one attached hydrogen (secondary N) is 1. The largest absolute Gasteiger partial charge is 0.366 e. The number of primary amides is 1. The van der Waals surface area contributed by atoms with Gasteiger partial charge in [-0.05, 0) is 45.0 Å². The lowest BCUT2D eigenvalue weighted by Crippen LogP contribution is -2.33. The minimum Gasteiger partial charge on any atom is -0.366 e. The smallest absolute Gasteiger partial charge is 0.248 e. The molecular formula is C11H16N2O3S. The molecule has 17 heavy (non-hydrogen) atoms. The van der Waals surface area contributed by atoms with Gasteiger partial charge in [0.05, 0.1) is 4.75 Å². The lowest BCUT2D eigenvalue weighted by molar-refractivity contribution is 0.100. The van der Waals surface area contributed by atoms with Gasteiger partial charge in [0.15, 0.2) is 0 Å². The third-order valence-corrected chi connectivity index (χ3v) is 4.34. The molecule has 0 bridgehead atoms. The van der Waals surface area contributed by atoms with Crippen LogP contribution in [-0.4, -0.2) is 19.1 Å². The van der Waals surface area contributed by atoms with Crippen LogP contribution < -0.4 is 10.5 Å². The average Bonchev–Trinajstić information content (AvgIpc) is 2.16. The number of anilines is 1. The Balaban J connectivity index is 2.95. The molecule has 0 heterocycles. The van der Waals surface area contributed by atoms with Crippen molar-refractivity contribution < 1.29 is 13.2 Å². The Labute approximate surface area is 101 Å². The average molecular weight is 256 g/mol. The van der Waals surface area contributed by atoms with Crippen LogP contribution in [0.15, 0.2) is 24.3 Å². The van der Waals surface area contributed by atoms with Crippen molar-refractivity contribution in [1.29, 1.82) is 0 Å². The van der Waals surface area contributed by atoms with Gasteiger partial charge in [-0.25, -0.2) is 8.42 Å². The Bertz CT molecular complexity index is 513. The Hall–Kier alpha value is -1.56. The first kappa shape index (κ1) is 13.5. The van der Waals surface area contributed by atoms with Crippen molar-refractivity contribution >= 4 is 21.6 Å². The maximum Gasteiger partial charge on any atom is 0.248 e. The molecule has 1 aromatic rings. The minimum absolute atomic E-state index is 0.337. The standard InChI is InChI=1S/C11H16N2O3S/c1-11(2,3)17(15,16)13-9-6-4-8(5-7-9)10(12)14/h4-7,13H,1-3H3,(H2,12,14). The van der Waals surface area contributed by atoms with Gasteiger partial charge in [-0.2, -0.15) is 0 Å². The normalized spacial score (nSPS) is 12.2. The summed E-state index contributed by atoms with van der Waals surface area (Å²) in [6.45, 7) is 4.81. The third-order valence-electron chi connectivity index (χ3n) is 2.23. The highest BCUT2D eigenvalue weighted by molar-refractivity contribution is 7.94. The maximum atomic E-state index is 11.8. The molecule has 0 fully saturated rings. The van der Waals surface area contributed by atoms with Gasteiger partial charge in [0, 0.05) is 11.3 Å². The van der Waals surface area contributed by atoms with Crippen molar-refractivity contribution in [2.75, 3.05) is 4.72 Å². The highest BCUT2D eigenvalue weighted by Gasteiger charge is 2.28. The number of hydrogen-bond acceptors (Lipinski definition) is 3. The van der Waals surface area contributed by atoms with Crippen LogP contribution in [-0.2, 0) is 10.0 Å². The molecule has 1 amide bonds. The van der Waals surface area contributed by atoms with E-state index in [4.69, 9.17) is 5.73 Å². The molecule has 6 heteroatoms. The highest BCUT2D eigenvalue weighted by Crippen LogP contribution is 2.19. The predicted octanol–water partition coefficient (Wildman–Crippen LogP) is 1.33. The summed E-state index contributed by atoms with van der Waals surface area (Å²) in [5.74, 6) is -0.546. The summed E-state index contributed by atoms with van der Waals surface area (Å²) in [5.41, 5.74) is 5.83. The van der Waals surface area contributed by atoms with Crippen LogP contribution in [0, 0.1) is 0 Å². The quantitative estimate of drug-likeness (QED) is 0.854. The van der Waals surface area contributed by atoms with Gasteiger partial charge in [-0.15, -0.1) is 0 Å². The number of sulfonamides is 1. The van der Waals surface area contributed by atoms with Crippen molar-refractivity contribution in [1.82, 2.24) is 0 Å². The molecule has 5 nitrogen and oxygen atoms in total. The molecule has 0 aliphatic carbocycles. The van der Waals surface area contributed by atoms with Crippen molar-refractivity contribution in [2.45, 2.75) is 25.5 Å². The van der Waals surface area contributed by atoms with Gasteiger partial charge in [-0.3, -0.25) is 9.52 Å². The molecule has 0 spiro atoms. The van der Waals surface area contributed by atoms with Crippen LogP contribution in [0.2, 0.25) is 0 Å². The molecule has 0 aromatic heterocycles. The van der Waals surface area contributed by atoms with Gasteiger partial charge in [0.25, 0.3) is 0 Å². The van der Waals surface area contributed by atoms with Crippen molar-refractivity contribution in [2.24, 2.45) is 5.73 Å². The first-order valence-electron chi connectivity index (χ1n) is 5.06. The van der Waals surface area contributed by atoms with Gasteiger partial charge in [-0.1, -0.05) is 0 Å². The fourth-order valence-electron chi connectivity index (χ4n) is 1.01. The van der Waals surface area contributed by atoms with Gasteiger partial charge >= 0.3 is 0 Å². The van der Waals surface area contributed by atoms with E-state index in [1.165, 1.54) is 24.3 Å². The molecular weight excluding hydrogens is 240 g/mol. The molecule has 1 rings (SSSR count). The Morgan fingerprint density at radius 1 is 1.18 bits per heavy atom. The van der Waals surface area contributed by atoms with Crippen molar-refractivity contribution in [3.8, 4) is 0 Å². The third kappa shape index (κ3) is 3.20. The molecule has 1 aromatic carbocycles. The number of carbonyl (C=O) groups excluding carboxylic acids is 1. The summed E-state index contributed by atoms with van der Waals surface area (Å²) in [4.78, 5) is 10.8. The topological polar surface area (TPSA) is 89.3 Å². The summed E-state index contributed by atoms with van der Waals surface area (Å²) in [6.07, 6.45) is 0. The summed E-state index contributed by atoms with van der Waals surface area (Å²) in [6, 6.07) is 5.96. The van der Waals surface area contributed by atoms with E-state index in [1.807, 2.05) is 0 Å². The number of carbonyl (C=O) groups is 1. The molecule has 3 N–H and O–H groups in total. The predicted molar refractivity (Wildman–Crippen MR) is 67.3 cm³/mol. The van der Waals surface area contributed by atoms with E-state index < -0.39 is 20.7 Å². The number of benzene rings is 1. The molecule has 0 saturated carbocycles. The zero-order valence-corrected chi connectivity index (χ0v) is 10.8. The maximum absolute atomic E-state index is 11.8. The monoisotopic (exact) mass is 256 g/mol. The Morgan fingerprint density at radius 2 is 1.65 bits per heavy atom. The fraction of sp³-hybridized carbons (Fsp3) is 0.364. The lowest BCUT2D eigenvalue weighted by Gasteiger charge is -2.20. The van der Waals surface area contributed by atoms with E-state index in [0.717, 1.165) is 0 Å². The zero-order valence-electron chi connectivity index (χ0n) is 10.0. The summed E-state index contributed by atoms with van der Waals surface area (Å²) < 4.78 is 25.2. The van der Waals surface area contributed by atoms with Crippen LogP contribution in [0.5, 0.6) is 0 Å². The molecule has 0 aliphatic rings. The van der Waals surface area contributed by atoms with E-state index in [9.17, 15) is 13.2 Å². The molecule has 0 saturated heterocycles. The first-order chi connectivity index (χ1) is 7.63. The molecule has 0 radical (unpaired) electrons. The van der Waals surface area contributed by atoms with Crippen LogP contribution in [0.25, 0.3) is 0 Å². The van der Waals surface area contributed by atoms with Gasteiger partial charge < -0.3 is 5.73 Å². The lowest BCUT2D eigenvalue weighted by atomic mass is 10.2. The van der Waals surface area contributed by atoms with Crippen molar-refractivity contribution in [3.05, 3.63) is 29.8 Å². The first-order valence-corrected chi connectivity index (χ1v) is 6.54. The van der Waals surface area contributed by atoms with E-state index in [-0.39, 0.29) is 0 Å². The second-order valence-electron chi connectivity index (χ2n) is 4.66. The number of amides is 1. The molecule has 0 aliphatic heterocycles. The van der Waals surface area contributed by atoms with Crippen LogP contribution in [0.3, 0.4) is 0 Å². The molecule has 0 unspecified atom stereocenters. The number of nitrogens with two attached hydrogens (primary N) is 1. The second kappa shape index (κ2) is 4.37. The second-order valence-corrected chi connectivity index (χ2v) is 7.10. The minimum atomic E-state index is -3.45. The van der Waals surface area contributed by atoms with Gasteiger partial charge in [0.2, 0.25) is 15.9 Å². The number of hydrogen-bond donors (Lipinski definition) is 2. The van der Waals surface area contributed by atoms with Crippen LogP contribution in [0.4, 0.5) is 5.69 Å². The SMILES string of the molecule is CC(C)(C)S(=O)(=O)Nc1ccc(C(N)=O)cc1. The Morgan fingerprint density at radius 3 is 2.00 bits per heavy atom. The Kier molecular flexibility index (Phi) is 3.47. The summed E-state index contributed by atoms with van der Waals surface area (Å²) in [7, 11) is -3.45. The zero-order chi connectivity index (χ0) is 13.3. The number of rotatable bonds is 3. The van der Waals surface area contributed by atoms with Crippen molar-refractivity contribution in [3.63, 3.8) is 0 Å². The van der Waals surface area contributed by atoms with Crippen LogP contribution >= 0.6 is 0 Å². The summed E-state index contributed by atoms with van der Waals surface area (Å²) in [5, 5.41) is 0. The van der Waals surface area contributed by atoms with E-state index in [1.54, 1.807) is 20.8 Å². The molecule has 94 valence electrons. The van der Waals surface area contributed by atoms with E-state index >= 15 is 0 Å². The molecule has 0 atom stereocenters. The van der Waals surface area contributed by atoms with Gasteiger partial charge in [0.1, 0.15) is 0 Å². The fourth-order valence-corrected chi connectivity index (χ4v) is 1.76.